The van der Waals surface area contributed by atoms with E-state index in [1.165, 1.54) is 44.1 Å². The molecule has 0 saturated carbocycles. The molecule has 3 heterocycles. The van der Waals surface area contributed by atoms with Crippen LogP contribution < -0.4 is 0 Å². The Morgan fingerprint density at radius 1 is 0.468 bits per heavy atom. The Morgan fingerprint density at radius 3 is 2.06 bits per heavy atom. The molecule has 0 unspecified atom stereocenters. The molecule has 0 atom stereocenters. The Morgan fingerprint density at radius 2 is 1.18 bits per heavy atom. The molecule has 290 valence electrons. The van der Waals surface area contributed by atoms with Crippen LogP contribution in [0.5, 0.6) is 0 Å². The lowest BCUT2D eigenvalue weighted by Gasteiger charge is -2.24. The van der Waals surface area contributed by atoms with Crippen LogP contribution in [0.15, 0.2) is 192 Å². The predicted molar refractivity (Wildman–Crippen MR) is 256 cm³/mol. The number of benzene rings is 9. The van der Waals surface area contributed by atoms with Gasteiger partial charge in [-0.25, -0.2) is 0 Å². The number of nitriles is 1. The molecule has 0 saturated heterocycles. The highest BCUT2D eigenvalue weighted by Crippen LogP contribution is 2.53. The molecule has 3 aromatic heterocycles. The maximum atomic E-state index is 10.6. The summed E-state index contributed by atoms with van der Waals surface area (Å²) < 4.78 is 11.5. The minimum Gasteiger partial charge on any atom is -0.455 e. The second-order valence-electron chi connectivity index (χ2n) is 17.2. The molecule has 0 aliphatic heterocycles. The van der Waals surface area contributed by atoms with Crippen LogP contribution in [0.25, 0.3) is 110 Å². The van der Waals surface area contributed by atoms with Gasteiger partial charge in [-0.1, -0.05) is 135 Å². The third-order valence-corrected chi connectivity index (χ3v) is 13.5. The minimum atomic E-state index is -0.223. The summed E-state index contributed by atoms with van der Waals surface area (Å²) in [5.41, 5.74) is 18.2. The zero-order chi connectivity index (χ0) is 41.3. The summed E-state index contributed by atoms with van der Waals surface area (Å²) in [5, 5.41) is 17.5. The van der Waals surface area contributed by atoms with Crippen molar-refractivity contribution in [2.75, 3.05) is 0 Å². The Kier molecular flexibility index (Phi) is 7.10. The first-order valence-electron chi connectivity index (χ1n) is 21.2. The van der Waals surface area contributed by atoms with E-state index in [0.717, 1.165) is 77.3 Å². The highest BCUT2D eigenvalue weighted by atomic mass is 16.3. The highest BCUT2D eigenvalue weighted by Gasteiger charge is 2.38. The smallest absolute Gasteiger partial charge is 0.145 e. The van der Waals surface area contributed by atoms with Gasteiger partial charge >= 0.3 is 0 Å². The third kappa shape index (κ3) is 4.76. The summed E-state index contributed by atoms with van der Waals surface area (Å²) in [6.45, 7) is 4.69. The first-order valence-corrected chi connectivity index (χ1v) is 21.2. The van der Waals surface area contributed by atoms with E-state index >= 15 is 0 Å². The molecule has 0 N–H and O–H groups in total. The van der Waals surface area contributed by atoms with Crippen molar-refractivity contribution in [2.24, 2.45) is 0 Å². The van der Waals surface area contributed by atoms with Crippen molar-refractivity contribution in [1.29, 1.82) is 5.26 Å². The number of hydrogen-bond acceptors (Lipinski definition) is 2. The van der Waals surface area contributed by atoms with Crippen molar-refractivity contribution < 1.29 is 4.42 Å². The van der Waals surface area contributed by atoms with E-state index in [0.29, 0.717) is 5.56 Å². The highest BCUT2D eigenvalue weighted by molar-refractivity contribution is 6.24. The number of rotatable bonds is 4. The van der Waals surface area contributed by atoms with E-state index in [2.05, 4.69) is 199 Å². The topological polar surface area (TPSA) is 46.8 Å². The maximum Gasteiger partial charge on any atom is 0.145 e. The van der Waals surface area contributed by atoms with E-state index in [4.69, 9.17) is 4.42 Å². The zero-order valence-corrected chi connectivity index (χ0v) is 34.1. The number of fused-ring (bicyclic) bond motifs is 14. The molecule has 9 aromatic carbocycles. The van der Waals surface area contributed by atoms with E-state index in [1.54, 1.807) is 0 Å². The number of para-hydroxylation sites is 2. The number of furan rings is 1. The van der Waals surface area contributed by atoms with Crippen molar-refractivity contribution in [3.8, 4) is 50.8 Å². The lowest BCUT2D eigenvalue weighted by Crippen LogP contribution is -2.16. The molecule has 62 heavy (non-hydrogen) atoms. The average Bonchev–Trinajstić information content (AvgIpc) is 4.04. The van der Waals surface area contributed by atoms with Gasteiger partial charge in [0, 0.05) is 43.7 Å². The van der Waals surface area contributed by atoms with Crippen molar-refractivity contribution >= 4 is 65.6 Å². The average molecular weight is 792 g/mol. The Hall–Kier alpha value is -8.13. The SMILES string of the molecule is CC1(C)c2ccccc2-c2ccc3c4ccccc4n(-c4cc(C#N)cc(-c5cccc(-n6c7ccc(-c8ccccc8)cc7c7c8oc9ccccc9c8ccc76)c5)c4)c3c21. The van der Waals surface area contributed by atoms with Crippen LogP contribution in [0.1, 0.15) is 30.5 Å². The molecule has 0 radical (unpaired) electrons. The van der Waals surface area contributed by atoms with E-state index in [1.807, 2.05) is 18.2 Å². The van der Waals surface area contributed by atoms with Crippen LogP contribution in [-0.2, 0) is 5.41 Å². The standard InChI is InChI=1S/C58H37N3O/c1-58(2)49-20-9-6-17-42(49)45-24-25-46-43-18-7-10-21-50(43)61(56(46)55(45)58)41-30-35(34-59)29-39(32-41)37-15-12-16-40(31-37)60-51-27-23-38(36-13-4-3-5-14-36)33-48(51)54-52(60)28-26-47-44-19-8-11-22-53(44)62-57(47)54/h3-33H,1-2H3. The monoisotopic (exact) mass is 791 g/mol. The Bertz CT molecular complexity index is 3910. The lowest BCUT2D eigenvalue weighted by atomic mass is 9.81. The fourth-order valence-corrected chi connectivity index (χ4v) is 10.8. The van der Waals surface area contributed by atoms with Gasteiger partial charge in [0.25, 0.3) is 0 Å². The molecule has 1 aliphatic carbocycles. The fraction of sp³-hybridized carbons (Fsp3) is 0.0517. The van der Waals surface area contributed by atoms with Gasteiger partial charge in [0.1, 0.15) is 11.2 Å². The third-order valence-electron chi connectivity index (χ3n) is 13.5. The molecule has 4 heteroatoms. The zero-order valence-electron chi connectivity index (χ0n) is 34.1. The maximum absolute atomic E-state index is 10.6. The molecule has 13 rings (SSSR count). The van der Waals surface area contributed by atoms with E-state index in [-0.39, 0.29) is 5.41 Å². The summed E-state index contributed by atoms with van der Waals surface area (Å²) >= 11 is 0. The van der Waals surface area contributed by atoms with Crippen molar-refractivity contribution in [2.45, 2.75) is 19.3 Å². The molecule has 0 bridgehead atoms. The predicted octanol–water partition coefficient (Wildman–Crippen LogP) is 15.3. The molecular formula is C58H37N3O. The van der Waals surface area contributed by atoms with Gasteiger partial charge in [0.15, 0.2) is 0 Å². The molecule has 12 aromatic rings. The van der Waals surface area contributed by atoms with Gasteiger partial charge in [-0.2, -0.15) is 5.26 Å². The summed E-state index contributed by atoms with van der Waals surface area (Å²) in [4.78, 5) is 0. The van der Waals surface area contributed by atoms with Gasteiger partial charge in [-0.3, -0.25) is 0 Å². The van der Waals surface area contributed by atoms with E-state index < -0.39 is 0 Å². The quantitative estimate of drug-likeness (QED) is 0.178. The van der Waals surface area contributed by atoms with Crippen LogP contribution >= 0.6 is 0 Å². The van der Waals surface area contributed by atoms with Crippen LogP contribution in [0.3, 0.4) is 0 Å². The van der Waals surface area contributed by atoms with Crippen molar-refractivity contribution in [3.63, 3.8) is 0 Å². The summed E-state index contributed by atoms with van der Waals surface area (Å²) in [7, 11) is 0. The number of nitrogens with zero attached hydrogens (tertiary/aromatic N) is 3. The normalized spacial score (nSPS) is 13.1. The Labute approximate surface area is 357 Å². The largest absolute Gasteiger partial charge is 0.455 e. The molecule has 0 spiro atoms. The van der Waals surface area contributed by atoms with Gasteiger partial charge in [0.2, 0.25) is 0 Å². The molecule has 0 amide bonds. The fourth-order valence-electron chi connectivity index (χ4n) is 10.8. The van der Waals surface area contributed by atoms with Crippen LogP contribution in [0, 0.1) is 11.3 Å². The van der Waals surface area contributed by atoms with Gasteiger partial charge in [-0.15, -0.1) is 0 Å². The molecule has 4 nitrogen and oxygen atoms in total. The van der Waals surface area contributed by atoms with Gasteiger partial charge in [0.05, 0.1) is 39.1 Å². The second-order valence-corrected chi connectivity index (χ2v) is 17.2. The Balaban J connectivity index is 1.04. The first kappa shape index (κ1) is 34.7. The van der Waals surface area contributed by atoms with Crippen LogP contribution in [0.4, 0.5) is 0 Å². The van der Waals surface area contributed by atoms with Crippen LogP contribution in [-0.4, -0.2) is 9.13 Å². The number of aromatic nitrogens is 2. The van der Waals surface area contributed by atoms with Crippen LogP contribution in [0.2, 0.25) is 0 Å². The van der Waals surface area contributed by atoms with Crippen molar-refractivity contribution in [1.82, 2.24) is 9.13 Å². The van der Waals surface area contributed by atoms with E-state index in [9.17, 15) is 5.26 Å². The van der Waals surface area contributed by atoms with Crippen molar-refractivity contribution in [3.05, 3.63) is 205 Å². The second kappa shape index (κ2) is 12.7. The van der Waals surface area contributed by atoms with Gasteiger partial charge < -0.3 is 13.6 Å². The lowest BCUT2D eigenvalue weighted by molar-refractivity contribution is 0.664. The summed E-state index contributed by atoms with van der Waals surface area (Å²) in [5.74, 6) is 0. The molecule has 0 fully saturated rings. The first-order chi connectivity index (χ1) is 30.5. The molecule has 1 aliphatic rings. The minimum absolute atomic E-state index is 0.223. The summed E-state index contributed by atoms with van der Waals surface area (Å²) in [6.07, 6.45) is 0. The van der Waals surface area contributed by atoms with Gasteiger partial charge in [-0.05, 0) is 111 Å². The number of hydrogen-bond donors (Lipinski definition) is 0. The summed E-state index contributed by atoms with van der Waals surface area (Å²) in [6, 6.07) is 69.7. The molecular weight excluding hydrogens is 755 g/mol.